The second kappa shape index (κ2) is 11.8. The normalized spacial score (nSPS) is 12.2. The molecule has 0 aliphatic heterocycles. The van der Waals surface area contributed by atoms with E-state index in [1.165, 1.54) is 12.1 Å². The molecule has 2 aromatic carbocycles. The van der Waals surface area contributed by atoms with Crippen LogP contribution in [0.15, 0.2) is 65.1 Å². The van der Waals surface area contributed by atoms with Crippen LogP contribution in [0.25, 0.3) is 0 Å². The van der Waals surface area contributed by atoms with E-state index >= 15 is 0 Å². The maximum atomic E-state index is 13.7. The summed E-state index contributed by atoms with van der Waals surface area (Å²) in [6, 6.07) is 17.4. The van der Waals surface area contributed by atoms with Crippen molar-refractivity contribution in [1.29, 1.82) is 0 Å². The van der Waals surface area contributed by atoms with Gasteiger partial charge in [0.05, 0.1) is 13.1 Å². The van der Waals surface area contributed by atoms with Crippen LogP contribution in [-0.2, 0) is 24.3 Å². The molecule has 0 aliphatic carbocycles. The van der Waals surface area contributed by atoms with E-state index in [2.05, 4.69) is 0 Å². The molecule has 1 unspecified atom stereocenters. The molecule has 1 heterocycles. The van der Waals surface area contributed by atoms with Gasteiger partial charge in [-0.15, -0.1) is 0 Å². The number of carbonyl (C=O) groups is 1. The van der Waals surface area contributed by atoms with E-state index in [1.807, 2.05) is 68.1 Å². The first-order valence-corrected chi connectivity index (χ1v) is 11.4. The van der Waals surface area contributed by atoms with Crippen LogP contribution in [0.4, 0.5) is 8.78 Å². The minimum atomic E-state index is -0.613. The fraction of sp³-hybridized carbons (Fsp3) is 0.370. The summed E-state index contributed by atoms with van der Waals surface area (Å²) in [5.74, 6) is 0.263. The van der Waals surface area contributed by atoms with Crippen LogP contribution in [0.2, 0.25) is 0 Å². The third kappa shape index (κ3) is 7.53. The standard InChI is InChI=1S/C27H32F2N2O2/c1-4-20(2)31(17-23-14-24(28)16-25(29)15-23)19-27(32)30(18-26-11-10-21(3)33-26)13-12-22-8-6-5-7-9-22/h5-11,14-16,20H,4,12-13,17-19H2,1-3H3. The summed E-state index contributed by atoms with van der Waals surface area (Å²) >= 11 is 0. The average molecular weight is 455 g/mol. The summed E-state index contributed by atoms with van der Waals surface area (Å²) in [6.07, 6.45) is 1.54. The van der Waals surface area contributed by atoms with E-state index in [4.69, 9.17) is 4.42 Å². The summed E-state index contributed by atoms with van der Waals surface area (Å²) < 4.78 is 33.1. The fourth-order valence-corrected chi connectivity index (χ4v) is 3.80. The molecule has 4 nitrogen and oxygen atoms in total. The molecule has 0 radical (unpaired) electrons. The second-order valence-corrected chi connectivity index (χ2v) is 8.50. The highest BCUT2D eigenvalue weighted by Crippen LogP contribution is 2.16. The Hall–Kier alpha value is -2.99. The lowest BCUT2D eigenvalue weighted by Gasteiger charge is -2.31. The van der Waals surface area contributed by atoms with Gasteiger partial charge >= 0.3 is 0 Å². The number of carbonyl (C=O) groups excluding carboxylic acids is 1. The lowest BCUT2D eigenvalue weighted by molar-refractivity contribution is -0.134. The molecule has 176 valence electrons. The van der Waals surface area contributed by atoms with E-state index in [0.29, 0.717) is 25.2 Å². The molecule has 3 aromatic rings. The van der Waals surface area contributed by atoms with Crippen molar-refractivity contribution in [3.05, 3.63) is 94.9 Å². The molecule has 0 bridgehead atoms. The van der Waals surface area contributed by atoms with E-state index in [-0.39, 0.29) is 18.5 Å². The number of nitrogens with zero attached hydrogens (tertiary/aromatic N) is 2. The van der Waals surface area contributed by atoms with Gasteiger partial charge in [-0.1, -0.05) is 37.3 Å². The summed E-state index contributed by atoms with van der Waals surface area (Å²) in [6.45, 7) is 7.31. The summed E-state index contributed by atoms with van der Waals surface area (Å²) in [4.78, 5) is 17.2. The molecule has 1 amide bonds. The summed E-state index contributed by atoms with van der Waals surface area (Å²) in [5, 5.41) is 0. The predicted molar refractivity (Wildman–Crippen MR) is 126 cm³/mol. The molecule has 0 aliphatic rings. The first kappa shape index (κ1) is 24.6. The fourth-order valence-electron chi connectivity index (χ4n) is 3.80. The van der Waals surface area contributed by atoms with Crippen LogP contribution in [-0.4, -0.2) is 34.8 Å². The highest BCUT2D eigenvalue weighted by Gasteiger charge is 2.22. The molecule has 1 aromatic heterocycles. The van der Waals surface area contributed by atoms with Gasteiger partial charge in [0, 0.05) is 25.2 Å². The maximum Gasteiger partial charge on any atom is 0.237 e. The highest BCUT2D eigenvalue weighted by atomic mass is 19.1. The Balaban J connectivity index is 1.75. The van der Waals surface area contributed by atoms with Gasteiger partial charge in [0.15, 0.2) is 0 Å². The Morgan fingerprint density at radius 1 is 0.970 bits per heavy atom. The SMILES string of the molecule is CCC(C)N(CC(=O)N(CCc1ccccc1)Cc1ccc(C)o1)Cc1cc(F)cc(F)c1. The zero-order valence-electron chi connectivity index (χ0n) is 19.6. The third-order valence-corrected chi connectivity index (χ3v) is 5.87. The Bertz CT molecular complexity index is 1020. The smallest absolute Gasteiger partial charge is 0.237 e. The Labute approximate surface area is 194 Å². The first-order chi connectivity index (χ1) is 15.8. The van der Waals surface area contributed by atoms with Crippen molar-refractivity contribution in [3.63, 3.8) is 0 Å². The van der Waals surface area contributed by atoms with Crippen LogP contribution < -0.4 is 0 Å². The lowest BCUT2D eigenvalue weighted by Crippen LogP contribution is -2.43. The van der Waals surface area contributed by atoms with Crippen LogP contribution >= 0.6 is 0 Å². The van der Waals surface area contributed by atoms with Gasteiger partial charge in [0.25, 0.3) is 0 Å². The summed E-state index contributed by atoms with van der Waals surface area (Å²) in [5.41, 5.74) is 1.66. The minimum Gasteiger partial charge on any atom is -0.464 e. The number of benzene rings is 2. The van der Waals surface area contributed by atoms with Gasteiger partial charge in [-0.25, -0.2) is 8.78 Å². The number of aryl methyl sites for hydroxylation is 1. The quantitative estimate of drug-likeness (QED) is 0.371. The van der Waals surface area contributed by atoms with E-state index in [9.17, 15) is 13.6 Å². The second-order valence-electron chi connectivity index (χ2n) is 8.50. The van der Waals surface area contributed by atoms with Crippen molar-refractivity contribution >= 4 is 5.91 Å². The largest absolute Gasteiger partial charge is 0.464 e. The predicted octanol–water partition coefficient (Wildman–Crippen LogP) is 5.74. The van der Waals surface area contributed by atoms with Crippen molar-refractivity contribution in [1.82, 2.24) is 9.80 Å². The molecule has 33 heavy (non-hydrogen) atoms. The number of amides is 1. The van der Waals surface area contributed by atoms with Crippen molar-refractivity contribution in [2.45, 2.75) is 52.7 Å². The molecule has 1 atom stereocenters. The molecule has 0 saturated carbocycles. The van der Waals surface area contributed by atoms with Gasteiger partial charge in [-0.05, 0) is 62.1 Å². The lowest BCUT2D eigenvalue weighted by atomic mass is 10.1. The number of hydrogen-bond donors (Lipinski definition) is 0. The summed E-state index contributed by atoms with van der Waals surface area (Å²) in [7, 11) is 0. The van der Waals surface area contributed by atoms with Gasteiger partial charge in [-0.3, -0.25) is 9.69 Å². The van der Waals surface area contributed by atoms with Crippen LogP contribution in [0.5, 0.6) is 0 Å². The van der Waals surface area contributed by atoms with Crippen molar-refractivity contribution in [2.24, 2.45) is 0 Å². The molecule has 0 spiro atoms. The van der Waals surface area contributed by atoms with E-state index in [1.54, 1.807) is 4.90 Å². The number of halogens is 2. The number of furan rings is 1. The minimum absolute atomic E-state index is 0.0443. The van der Waals surface area contributed by atoms with Gasteiger partial charge < -0.3 is 9.32 Å². The molecular weight excluding hydrogens is 422 g/mol. The van der Waals surface area contributed by atoms with Crippen LogP contribution in [0.3, 0.4) is 0 Å². The molecule has 6 heteroatoms. The van der Waals surface area contributed by atoms with Crippen LogP contribution in [0.1, 0.15) is 42.9 Å². The van der Waals surface area contributed by atoms with Gasteiger partial charge in [0.2, 0.25) is 5.91 Å². The molecule has 0 saturated heterocycles. The Morgan fingerprint density at radius 2 is 1.67 bits per heavy atom. The number of hydrogen-bond acceptors (Lipinski definition) is 3. The van der Waals surface area contributed by atoms with Crippen molar-refractivity contribution < 1.29 is 18.0 Å². The Morgan fingerprint density at radius 3 is 2.27 bits per heavy atom. The Kier molecular flexibility index (Phi) is 8.78. The zero-order valence-corrected chi connectivity index (χ0v) is 19.6. The third-order valence-electron chi connectivity index (χ3n) is 5.87. The molecule has 3 rings (SSSR count). The van der Waals surface area contributed by atoms with Crippen LogP contribution in [0, 0.1) is 18.6 Å². The molecular formula is C27H32F2N2O2. The maximum absolute atomic E-state index is 13.7. The molecule has 0 fully saturated rings. The average Bonchev–Trinajstić information content (AvgIpc) is 3.20. The van der Waals surface area contributed by atoms with Gasteiger partial charge in [-0.2, -0.15) is 0 Å². The monoisotopic (exact) mass is 454 g/mol. The van der Waals surface area contributed by atoms with Gasteiger partial charge in [0.1, 0.15) is 23.2 Å². The highest BCUT2D eigenvalue weighted by molar-refractivity contribution is 5.78. The first-order valence-electron chi connectivity index (χ1n) is 11.4. The molecule has 0 N–H and O–H groups in total. The van der Waals surface area contributed by atoms with Crippen molar-refractivity contribution in [2.75, 3.05) is 13.1 Å². The van der Waals surface area contributed by atoms with E-state index < -0.39 is 11.6 Å². The van der Waals surface area contributed by atoms with Crippen molar-refractivity contribution in [3.8, 4) is 0 Å². The zero-order chi connectivity index (χ0) is 23.8. The topological polar surface area (TPSA) is 36.7 Å². The van der Waals surface area contributed by atoms with E-state index in [0.717, 1.165) is 36.0 Å². The number of rotatable bonds is 11.